The highest BCUT2D eigenvalue weighted by Crippen LogP contribution is 2.25. The number of nitrogens with zero attached hydrogens (tertiary/aromatic N) is 4. The molecule has 2 aliphatic rings. The zero-order chi connectivity index (χ0) is 8.55. The Morgan fingerprint density at radius 2 is 2.17 bits per heavy atom. The summed E-state index contributed by atoms with van der Waals surface area (Å²) in [5.74, 6) is 0.884. The second-order valence-corrected chi connectivity index (χ2v) is 3.21. The molecule has 0 aliphatic carbocycles. The SMILES string of the molecule is CSc1ncn(C)c2ncnc1-2. The van der Waals surface area contributed by atoms with Crippen LogP contribution in [-0.2, 0) is 7.05 Å². The van der Waals surface area contributed by atoms with Gasteiger partial charge in [-0.15, -0.1) is 11.8 Å². The van der Waals surface area contributed by atoms with Crippen LogP contribution in [0.5, 0.6) is 0 Å². The maximum atomic E-state index is 4.22. The van der Waals surface area contributed by atoms with E-state index in [1.54, 1.807) is 24.4 Å². The van der Waals surface area contributed by atoms with Crippen LogP contribution < -0.4 is 0 Å². The van der Waals surface area contributed by atoms with E-state index >= 15 is 0 Å². The number of hydrogen-bond acceptors (Lipinski definition) is 4. The first kappa shape index (κ1) is 7.54. The van der Waals surface area contributed by atoms with Gasteiger partial charge in [0, 0.05) is 7.05 Å². The van der Waals surface area contributed by atoms with Crippen LogP contribution in [0.4, 0.5) is 0 Å². The number of aromatic nitrogens is 4. The van der Waals surface area contributed by atoms with Gasteiger partial charge in [0.05, 0.1) is 6.33 Å². The second-order valence-electron chi connectivity index (χ2n) is 2.41. The molecule has 0 spiro atoms. The third kappa shape index (κ3) is 0.972. The first-order valence-electron chi connectivity index (χ1n) is 3.49. The van der Waals surface area contributed by atoms with Crippen molar-refractivity contribution in [2.45, 2.75) is 5.03 Å². The lowest BCUT2D eigenvalue weighted by Crippen LogP contribution is -2.00. The largest absolute Gasteiger partial charge is 0.318 e. The Balaban J connectivity index is 2.71. The Labute approximate surface area is 74.4 Å². The molecule has 5 heteroatoms. The summed E-state index contributed by atoms with van der Waals surface area (Å²) in [6.45, 7) is 0. The van der Waals surface area contributed by atoms with Crippen molar-refractivity contribution in [2.24, 2.45) is 7.05 Å². The van der Waals surface area contributed by atoms with E-state index < -0.39 is 0 Å². The van der Waals surface area contributed by atoms with Crippen molar-refractivity contribution in [1.82, 2.24) is 19.5 Å². The summed E-state index contributed by atoms with van der Waals surface area (Å²) in [7, 11) is 1.91. The van der Waals surface area contributed by atoms with Crippen molar-refractivity contribution in [3.8, 4) is 11.5 Å². The van der Waals surface area contributed by atoms with Crippen LogP contribution >= 0.6 is 11.8 Å². The Bertz CT molecular complexity index is 370. The second kappa shape index (κ2) is 2.75. The number of thioether (sulfide) groups is 1. The Morgan fingerprint density at radius 1 is 1.33 bits per heavy atom. The maximum absolute atomic E-state index is 4.22. The van der Waals surface area contributed by atoms with Crippen molar-refractivity contribution in [3.63, 3.8) is 0 Å². The van der Waals surface area contributed by atoms with Crippen LogP contribution in [0.25, 0.3) is 11.5 Å². The van der Waals surface area contributed by atoms with Crippen LogP contribution in [-0.4, -0.2) is 25.8 Å². The summed E-state index contributed by atoms with van der Waals surface area (Å²) in [6, 6.07) is 0. The number of aryl methyl sites for hydroxylation is 1. The van der Waals surface area contributed by atoms with Crippen LogP contribution in [0.2, 0.25) is 0 Å². The molecule has 2 aliphatic heterocycles. The fourth-order valence-corrected chi connectivity index (χ4v) is 1.56. The molecule has 0 atom stereocenters. The van der Waals surface area contributed by atoms with E-state index in [1.807, 2.05) is 17.9 Å². The van der Waals surface area contributed by atoms with Gasteiger partial charge in [-0.1, -0.05) is 0 Å². The van der Waals surface area contributed by atoms with Crippen LogP contribution in [0.3, 0.4) is 0 Å². The van der Waals surface area contributed by atoms with Gasteiger partial charge in [0.1, 0.15) is 17.0 Å². The average Bonchev–Trinajstić information content (AvgIpc) is 2.54. The third-order valence-electron chi connectivity index (χ3n) is 1.66. The predicted octanol–water partition coefficient (Wildman–Crippen LogP) is 1.04. The van der Waals surface area contributed by atoms with E-state index in [0.717, 1.165) is 16.5 Å². The molecule has 4 nitrogen and oxygen atoms in total. The Kier molecular flexibility index (Phi) is 1.73. The molecule has 62 valence electrons. The van der Waals surface area contributed by atoms with E-state index in [9.17, 15) is 0 Å². The summed E-state index contributed by atoms with van der Waals surface area (Å²) in [6.07, 6.45) is 5.30. The monoisotopic (exact) mass is 180 g/mol. The zero-order valence-corrected chi connectivity index (χ0v) is 7.67. The Morgan fingerprint density at radius 3 is 2.92 bits per heavy atom. The molecule has 0 saturated heterocycles. The molecule has 2 rings (SSSR count). The molecule has 0 radical (unpaired) electrons. The molecule has 0 unspecified atom stereocenters. The minimum atomic E-state index is 0.882. The first-order valence-corrected chi connectivity index (χ1v) is 4.71. The lowest BCUT2D eigenvalue weighted by Gasteiger charge is -2.05. The maximum Gasteiger partial charge on any atom is 0.164 e. The number of fused-ring (bicyclic) bond motifs is 1. The predicted molar refractivity (Wildman–Crippen MR) is 47.2 cm³/mol. The van der Waals surface area contributed by atoms with Crippen molar-refractivity contribution in [1.29, 1.82) is 0 Å². The van der Waals surface area contributed by atoms with Gasteiger partial charge < -0.3 is 4.57 Å². The van der Waals surface area contributed by atoms with Crippen LogP contribution in [0.1, 0.15) is 0 Å². The van der Waals surface area contributed by atoms with Crippen molar-refractivity contribution in [2.75, 3.05) is 6.26 Å². The van der Waals surface area contributed by atoms with E-state index in [1.165, 1.54) is 0 Å². The first-order chi connectivity index (χ1) is 5.83. The van der Waals surface area contributed by atoms with E-state index in [2.05, 4.69) is 15.0 Å². The minimum Gasteiger partial charge on any atom is -0.318 e. The van der Waals surface area contributed by atoms with Gasteiger partial charge in [0.25, 0.3) is 0 Å². The van der Waals surface area contributed by atoms with Crippen molar-refractivity contribution >= 4 is 11.8 Å². The van der Waals surface area contributed by atoms with Gasteiger partial charge in [-0.3, -0.25) is 0 Å². The highest BCUT2D eigenvalue weighted by molar-refractivity contribution is 7.98. The van der Waals surface area contributed by atoms with E-state index in [4.69, 9.17) is 0 Å². The smallest absolute Gasteiger partial charge is 0.164 e. The molecule has 0 aromatic rings. The molecule has 0 aromatic carbocycles. The van der Waals surface area contributed by atoms with Crippen molar-refractivity contribution in [3.05, 3.63) is 12.7 Å². The molecule has 0 aromatic heterocycles. The normalized spacial score (nSPS) is 10.8. The Hall–Kier alpha value is -1.10. The molecule has 0 N–H and O–H groups in total. The molecule has 0 bridgehead atoms. The molecule has 0 fully saturated rings. The molecular weight excluding hydrogens is 172 g/mol. The fraction of sp³-hybridized carbons (Fsp3) is 0.286. The molecular formula is C7H8N4S. The van der Waals surface area contributed by atoms with Gasteiger partial charge in [-0.2, -0.15) is 0 Å². The zero-order valence-electron chi connectivity index (χ0n) is 6.85. The number of hydrogen-bond donors (Lipinski definition) is 0. The summed E-state index contributed by atoms with van der Waals surface area (Å²) >= 11 is 1.58. The summed E-state index contributed by atoms with van der Waals surface area (Å²) in [4.78, 5) is 12.5. The van der Waals surface area contributed by atoms with Gasteiger partial charge in [-0.05, 0) is 6.26 Å². The fourth-order valence-electron chi connectivity index (χ4n) is 1.07. The number of rotatable bonds is 1. The molecule has 2 heterocycles. The minimum absolute atomic E-state index is 0.882. The lowest BCUT2D eigenvalue weighted by molar-refractivity contribution is 0.823. The van der Waals surface area contributed by atoms with Gasteiger partial charge in [-0.25, -0.2) is 15.0 Å². The third-order valence-corrected chi connectivity index (χ3v) is 2.34. The van der Waals surface area contributed by atoms with Crippen LogP contribution in [0, 0.1) is 0 Å². The highest BCUT2D eigenvalue weighted by Gasteiger charge is 2.13. The summed E-state index contributed by atoms with van der Waals surface area (Å²) in [5, 5.41) is 0.931. The van der Waals surface area contributed by atoms with Crippen LogP contribution in [0.15, 0.2) is 17.7 Å². The van der Waals surface area contributed by atoms with E-state index in [-0.39, 0.29) is 0 Å². The lowest BCUT2D eigenvalue weighted by atomic mass is 10.4. The van der Waals surface area contributed by atoms with Gasteiger partial charge in [0.15, 0.2) is 5.82 Å². The molecule has 0 amide bonds. The van der Waals surface area contributed by atoms with Gasteiger partial charge >= 0.3 is 0 Å². The molecule has 12 heavy (non-hydrogen) atoms. The topological polar surface area (TPSA) is 43.6 Å². The number of imidazole rings is 1. The summed E-state index contributed by atoms with van der Waals surface area (Å²) in [5.41, 5.74) is 0.882. The van der Waals surface area contributed by atoms with Crippen molar-refractivity contribution < 1.29 is 0 Å². The van der Waals surface area contributed by atoms with E-state index in [0.29, 0.717) is 0 Å². The average molecular weight is 180 g/mol. The highest BCUT2D eigenvalue weighted by atomic mass is 32.2. The quantitative estimate of drug-likeness (QED) is 0.486. The standard InChI is InChI=1S/C7H8N4S/c1-11-4-10-7(12-2)5-6(11)9-3-8-5/h3-4H,1-2H3. The van der Waals surface area contributed by atoms with Gasteiger partial charge in [0.2, 0.25) is 0 Å². The molecule has 0 saturated carbocycles. The summed E-state index contributed by atoms with van der Waals surface area (Å²) < 4.78 is 1.86.